The topological polar surface area (TPSA) is 51.8 Å². The molecule has 0 amide bonds. The van der Waals surface area contributed by atoms with Crippen LogP contribution in [0.25, 0.3) is 0 Å². The Hall–Kier alpha value is -0.960. The lowest BCUT2D eigenvalue weighted by Gasteiger charge is -2.22. The Morgan fingerprint density at radius 2 is 2.36 bits per heavy atom. The summed E-state index contributed by atoms with van der Waals surface area (Å²) in [6, 6.07) is 2.06. The quantitative estimate of drug-likeness (QED) is 0.736. The molecule has 2 atom stereocenters. The van der Waals surface area contributed by atoms with Gasteiger partial charge >= 0.3 is 0 Å². The number of nitrogens with two attached hydrogens (primary N) is 1. The molecule has 2 rings (SSSR count). The zero-order chi connectivity index (χ0) is 10.2. The van der Waals surface area contributed by atoms with Crippen LogP contribution < -0.4 is 5.73 Å². The second-order valence-electron chi connectivity index (χ2n) is 4.62. The van der Waals surface area contributed by atoms with Crippen molar-refractivity contribution in [2.45, 2.75) is 38.6 Å². The van der Waals surface area contributed by atoms with Gasteiger partial charge in [-0.15, -0.1) is 0 Å². The summed E-state index contributed by atoms with van der Waals surface area (Å²) in [6.07, 6.45) is 5.04. The monoisotopic (exact) mass is 191 g/mol. The van der Waals surface area contributed by atoms with Gasteiger partial charge in [0.1, 0.15) is 0 Å². The largest absolute Gasteiger partial charge is 0.320 e. The van der Waals surface area contributed by atoms with Crippen molar-refractivity contribution in [3.8, 4) is 0 Å². The number of rotatable bonds is 1. The molecular formula is C11H17N3. The second kappa shape index (κ2) is 3.31. The smallest absolute Gasteiger partial charge is 0.0832 e. The number of aryl methyl sites for hydroxylation is 1. The van der Waals surface area contributed by atoms with Gasteiger partial charge in [0.15, 0.2) is 0 Å². The molecule has 0 spiro atoms. The highest BCUT2D eigenvalue weighted by Crippen LogP contribution is 2.38. The van der Waals surface area contributed by atoms with Crippen molar-refractivity contribution in [3.05, 3.63) is 23.5 Å². The summed E-state index contributed by atoms with van der Waals surface area (Å²) in [5.74, 6) is 0.710. The van der Waals surface area contributed by atoms with Crippen LogP contribution in [0.1, 0.15) is 37.4 Å². The average Bonchev–Trinajstić information content (AvgIpc) is 2.48. The predicted molar refractivity (Wildman–Crippen MR) is 55.6 cm³/mol. The number of hydrogen-bond donors (Lipinski definition) is 1. The molecule has 1 fully saturated rings. The number of nitrogens with zero attached hydrogens (tertiary/aromatic N) is 2. The van der Waals surface area contributed by atoms with Crippen LogP contribution in [0.2, 0.25) is 0 Å². The normalized spacial score (nSPS) is 32.1. The van der Waals surface area contributed by atoms with Crippen molar-refractivity contribution in [1.82, 2.24) is 10.2 Å². The third-order valence-corrected chi connectivity index (χ3v) is 3.10. The van der Waals surface area contributed by atoms with Crippen LogP contribution in [0.4, 0.5) is 0 Å². The maximum atomic E-state index is 6.34. The Kier molecular flexibility index (Phi) is 2.27. The molecule has 1 aliphatic carbocycles. The van der Waals surface area contributed by atoms with Gasteiger partial charge in [-0.1, -0.05) is 6.92 Å². The molecule has 1 aliphatic rings. The minimum absolute atomic E-state index is 0.224. The Morgan fingerprint density at radius 3 is 2.93 bits per heavy atom. The Labute approximate surface area is 84.7 Å². The molecule has 76 valence electrons. The molecule has 0 bridgehead atoms. The fourth-order valence-electron chi connectivity index (χ4n) is 2.27. The molecule has 0 aliphatic heterocycles. The maximum absolute atomic E-state index is 6.34. The number of aromatic nitrogens is 2. The minimum Gasteiger partial charge on any atom is -0.320 e. The molecule has 1 aromatic rings. The van der Waals surface area contributed by atoms with Crippen molar-refractivity contribution in [2.24, 2.45) is 11.7 Å². The van der Waals surface area contributed by atoms with E-state index in [0.29, 0.717) is 5.92 Å². The Balaban J connectivity index is 2.30. The van der Waals surface area contributed by atoms with E-state index in [-0.39, 0.29) is 5.54 Å². The van der Waals surface area contributed by atoms with E-state index in [1.54, 1.807) is 6.20 Å². The first-order valence-electron chi connectivity index (χ1n) is 5.19. The van der Waals surface area contributed by atoms with Gasteiger partial charge < -0.3 is 5.73 Å². The van der Waals surface area contributed by atoms with Crippen molar-refractivity contribution in [2.75, 3.05) is 0 Å². The summed E-state index contributed by atoms with van der Waals surface area (Å²) in [6.45, 7) is 4.28. The van der Waals surface area contributed by atoms with Crippen LogP contribution in [0.15, 0.2) is 12.3 Å². The molecule has 0 saturated heterocycles. The summed E-state index contributed by atoms with van der Waals surface area (Å²) in [5, 5.41) is 8.12. The second-order valence-corrected chi connectivity index (χ2v) is 4.62. The lowest BCUT2D eigenvalue weighted by Crippen LogP contribution is -2.35. The molecule has 14 heavy (non-hydrogen) atoms. The molecule has 0 aromatic carbocycles. The van der Waals surface area contributed by atoms with E-state index in [9.17, 15) is 0 Å². The molecule has 2 unspecified atom stereocenters. The van der Waals surface area contributed by atoms with Gasteiger partial charge in [0.05, 0.1) is 17.4 Å². The summed E-state index contributed by atoms with van der Waals surface area (Å²) in [7, 11) is 0. The van der Waals surface area contributed by atoms with Crippen LogP contribution in [0.5, 0.6) is 0 Å². The first kappa shape index (κ1) is 9.59. The van der Waals surface area contributed by atoms with Crippen LogP contribution in [0, 0.1) is 12.8 Å². The third kappa shape index (κ3) is 1.64. The first-order chi connectivity index (χ1) is 6.60. The van der Waals surface area contributed by atoms with Gasteiger partial charge in [-0.2, -0.15) is 10.2 Å². The van der Waals surface area contributed by atoms with Gasteiger partial charge in [0.2, 0.25) is 0 Å². The molecule has 1 aromatic heterocycles. The van der Waals surface area contributed by atoms with Crippen molar-refractivity contribution in [3.63, 3.8) is 0 Å². The lowest BCUT2D eigenvalue weighted by molar-refractivity contribution is 0.423. The Morgan fingerprint density at radius 1 is 1.57 bits per heavy atom. The van der Waals surface area contributed by atoms with Gasteiger partial charge in [-0.05, 0) is 43.7 Å². The van der Waals surface area contributed by atoms with Crippen molar-refractivity contribution < 1.29 is 0 Å². The van der Waals surface area contributed by atoms with E-state index >= 15 is 0 Å². The molecule has 1 heterocycles. The summed E-state index contributed by atoms with van der Waals surface area (Å²) < 4.78 is 0. The SMILES string of the molecule is Cc1cnnc(C2(N)CCC(C)C2)c1. The molecular weight excluding hydrogens is 174 g/mol. The minimum atomic E-state index is -0.224. The average molecular weight is 191 g/mol. The zero-order valence-corrected chi connectivity index (χ0v) is 8.83. The highest BCUT2D eigenvalue weighted by Gasteiger charge is 2.36. The Bertz CT molecular complexity index is 337. The highest BCUT2D eigenvalue weighted by atomic mass is 15.1. The number of hydrogen-bond acceptors (Lipinski definition) is 3. The van der Waals surface area contributed by atoms with E-state index in [0.717, 1.165) is 24.1 Å². The van der Waals surface area contributed by atoms with Gasteiger partial charge in [-0.25, -0.2) is 0 Å². The molecule has 0 radical (unpaired) electrons. The first-order valence-corrected chi connectivity index (χ1v) is 5.19. The van der Waals surface area contributed by atoms with Crippen molar-refractivity contribution in [1.29, 1.82) is 0 Å². The zero-order valence-electron chi connectivity index (χ0n) is 8.83. The van der Waals surface area contributed by atoms with E-state index < -0.39 is 0 Å². The standard InChI is InChI=1S/C11H17N3/c1-8-3-4-11(12,6-8)10-5-9(2)7-13-14-10/h5,7-8H,3-4,6,12H2,1-2H3. The van der Waals surface area contributed by atoms with E-state index in [1.807, 2.05) is 6.92 Å². The summed E-state index contributed by atoms with van der Waals surface area (Å²) in [4.78, 5) is 0. The van der Waals surface area contributed by atoms with Crippen LogP contribution in [-0.4, -0.2) is 10.2 Å². The van der Waals surface area contributed by atoms with E-state index in [4.69, 9.17) is 5.73 Å². The van der Waals surface area contributed by atoms with Gasteiger partial charge in [0.25, 0.3) is 0 Å². The molecule has 1 saturated carbocycles. The van der Waals surface area contributed by atoms with Gasteiger partial charge in [0, 0.05) is 0 Å². The summed E-state index contributed by atoms with van der Waals surface area (Å²) >= 11 is 0. The molecule has 3 nitrogen and oxygen atoms in total. The predicted octanol–water partition coefficient (Wildman–Crippen LogP) is 1.76. The van der Waals surface area contributed by atoms with Crippen LogP contribution in [-0.2, 0) is 5.54 Å². The molecule has 2 N–H and O–H groups in total. The van der Waals surface area contributed by atoms with E-state index in [1.165, 1.54) is 6.42 Å². The van der Waals surface area contributed by atoms with Crippen LogP contribution in [0.3, 0.4) is 0 Å². The molecule has 3 heteroatoms. The van der Waals surface area contributed by atoms with Crippen LogP contribution >= 0.6 is 0 Å². The fraction of sp³-hybridized carbons (Fsp3) is 0.636. The lowest BCUT2D eigenvalue weighted by atomic mass is 9.93. The fourth-order valence-corrected chi connectivity index (χ4v) is 2.27. The highest BCUT2D eigenvalue weighted by molar-refractivity contribution is 5.20. The maximum Gasteiger partial charge on any atom is 0.0832 e. The van der Waals surface area contributed by atoms with E-state index in [2.05, 4.69) is 23.2 Å². The summed E-state index contributed by atoms with van der Waals surface area (Å²) in [5.41, 5.74) is 8.21. The third-order valence-electron chi connectivity index (χ3n) is 3.10. The van der Waals surface area contributed by atoms with Gasteiger partial charge in [-0.3, -0.25) is 0 Å². The van der Waals surface area contributed by atoms with Crippen molar-refractivity contribution >= 4 is 0 Å².